The molecular formula is C21H19Cl2N3O3. The standard InChI is InChI=1S/C21H19Cl2N3O3/c1-13-10-20(29-24-13)21(26-27-3)17-7-5-4-6-16(17)12-28-25-14(2)15-8-9-18(22)19(23)11-15/h4-11,25H,2,12H2,1,3H3. The number of hydrogen-bond donors (Lipinski definition) is 1. The Morgan fingerprint density at radius 3 is 2.66 bits per heavy atom. The number of nitrogens with one attached hydrogen (secondary N) is 1. The molecule has 6 nitrogen and oxygen atoms in total. The molecule has 0 bridgehead atoms. The van der Waals surface area contributed by atoms with Gasteiger partial charge in [-0.15, -0.1) is 0 Å². The van der Waals surface area contributed by atoms with E-state index in [4.69, 9.17) is 37.4 Å². The molecule has 0 fully saturated rings. The van der Waals surface area contributed by atoms with Crippen molar-refractivity contribution in [2.75, 3.05) is 7.11 Å². The predicted molar refractivity (Wildman–Crippen MR) is 114 cm³/mol. The second-order valence-electron chi connectivity index (χ2n) is 6.11. The quantitative estimate of drug-likeness (QED) is 0.382. The van der Waals surface area contributed by atoms with Gasteiger partial charge in [0.05, 0.1) is 21.4 Å². The van der Waals surface area contributed by atoms with Crippen LogP contribution in [0.3, 0.4) is 0 Å². The van der Waals surface area contributed by atoms with Gasteiger partial charge in [0.1, 0.15) is 13.7 Å². The van der Waals surface area contributed by atoms with Crippen LogP contribution in [0.5, 0.6) is 0 Å². The minimum atomic E-state index is 0.242. The molecule has 0 saturated carbocycles. The van der Waals surface area contributed by atoms with E-state index in [2.05, 4.69) is 22.4 Å². The first-order chi connectivity index (χ1) is 14.0. The maximum absolute atomic E-state index is 6.05. The Balaban J connectivity index is 1.74. The normalized spacial score (nSPS) is 11.4. The lowest BCUT2D eigenvalue weighted by Crippen LogP contribution is -2.14. The fourth-order valence-electron chi connectivity index (χ4n) is 2.61. The van der Waals surface area contributed by atoms with Crippen LogP contribution in [0.15, 0.2) is 64.8 Å². The Hall–Kier alpha value is -2.80. The molecule has 2 aromatic carbocycles. The lowest BCUT2D eigenvalue weighted by Gasteiger charge is -2.13. The Morgan fingerprint density at radius 2 is 1.97 bits per heavy atom. The summed E-state index contributed by atoms with van der Waals surface area (Å²) in [5.41, 5.74) is 7.09. The van der Waals surface area contributed by atoms with E-state index in [-0.39, 0.29) is 6.61 Å². The maximum Gasteiger partial charge on any atom is 0.189 e. The summed E-state index contributed by atoms with van der Waals surface area (Å²) >= 11 is 12.0. The summed E-state index contributed by atoms with van der Waals surface area (Å²) in [7, 11) is 1.48. The van der Waals surface area contributed by atoms with Crippen molar-refractivity contribution in [2.45, 2.75) is 13.5 Å². The fraction of sp³-hybridized carbons (Fsp3) is 0.143. The van der Waals surface area contributed by atoms with Gasteiger partial charge in [-0.2, -0.15) is 0 Å². The molecule has 0 saturated heterocycles. The first-order valence-corrected chi connectivity index (χ1v) is 9.40. The van der Waals surface area contributed by atoms with Crippen LogP contribution in [0.4, 0.5) is 0 Å². The monoisotopic (exact) mass is 431 g/mol. The minimum absolute atomic E-state index is 0.242. The number of aryl methyl sites for hydroxylation is 1. The highest BCUT2D eigenvalue weighted by Crippen LogP contribution is 2.25. The molecule has 0 aliphatic rings. The van der Waals surface area contributed by atoms with Crippen LogP contribution in [0.25, 0.3) is 5.70 Å². The van der Waals surface area contributed by atoms with Gasteiger partial charge in [0.25, 0.3) is 0 Å². The van der Waals surface area contributed by atoms with Crippen molar-refractivity contribution in [3.05, 3.63) is 93.3 Å². The van der Waals surface area contributed by atoms with Crippen LogP contribution in [-0.2, 0) is 16.3 Å². The zero-order valence-electron chi connectivity index (χ0n) is 15.9. The first kappa shape index (κ1) is 20.9. The molecule has 0 radical (unpaired) electrons. The number of rotatable bonds is 8. The van der Waals surface area contributed by atoms with Crippen LogP contribution in [0.1, 0.15) is 28.1 Å². The van der Waals surface area contributed by atoms with Crippen molar-refractivity contribution >= 4 is 34.6 Å². The molecule has 0 atom stereocenters. The molecule has 0 aliphatic carbocycles. The van der Waals surface area contributed by atoms with Gasteiger partial charge in [-0.05, 0) is 24.6 Å². The molecule has 1 heterocycles. The molecule has 0 spiro atoms. The molecule has 150 valence electrons. The summed E-state index contributed by atoms with van der Waals surface area (Å²) in [6.07, 6.45) is 0. The summed E-state index contributed by atoms with van der Waals surface area (Å²) in [5.74, 6) is 0.505. The first-order valence-electron chi connectivity index (χ1n) is 8.65. The van der Waals surface area contributed by atoms with Crippen molar-refractivity contribution in [3.63, 3.8) is 0 Å². The van der Waals surface area contributed by atoms with Gasteiger partial charge in [0.2, 0.25) is 0 Å². The number of hydroxylamine groups is 1. The summed E-state index contributed by atoms with van der Waals surface area (Å²) in [4.78, 5) is 10.7. The van der Waals surface area contributed by atoms with E-state index in [1.54, 1.807) is 24.3 Å². The van der Waals surface area contributed by atoms with Crippen molar-refractivity contribution in [1.82, 2.24) is 10.6 Å². The zero-order chi connectivity index (χ0) is 20.8. The molecule has 1 N–H and O–H groups in total. The van der Waals surface area contributed by atoms with Crippen LogP contribution in [0.2, 0.25) is 10.0 Å². The molecular weight excluding hydrogens is 413 g/mol. The van der Waals surface area contributed by atoms with Crippen LogP contribution in [-0.4, -0.2) is 18.0 Å². The summed E-state index contributed by atoms with van der Waals surface area (Å²) in [5, 5.41) is 8.95. The summed E-state index contributed by atoms with van der Waals surface area (Å²) in [6, 6.07) is 14.6. The minimum Gasteiger partial charge on any atom is -0.399 e. The van der Waals surface area contributed by atoms with E-state index in [1.807, 2.05) is 31.2 Å². The second-order valence-corrected chi connectivity index (χ2v) is 6.92. The fourth-order valence-corrected chi connectivity index (χ4v) is 2.91. The van der Waals surface area contributed by atoms with E-state index in [0.29, 0.717) is 27.2 Å². The number of benzene rings is 2. The van der Waals surface area contributed by atoms with Gasteiger partial charge < -0.3 is 9.36 Å². The van der Waals surface area contributed by atoms with Crippen molar-refractivity contribution in [1.29, 1.82) is 0 Å². The average molecular weight is 432 g/mol. The largest absolute Gasteiger partial charge is 0.399 e. The molecule has 0 unspecified atom stereocenters. The number of hydrogen-bond acceptors (Lipinski definition) is 6. The highest BCUT2D eigenvalue weighted by Gasteiger charge is 2.17. The Kier molecular flexibility index (Phi) is 6.93. The average Bonchev–Trinajstić information content (AvgIpc) is 3.14. The van der Waals surface area contributed by atoms with E-state index >= 15 is 0 Å². The highest BCUT2D eigenvalue weighted by molar-refractivity contribution is 6.42. The smallest absolute Gasteiger partial charge is 0.189 e. The molecule has 0 amide bonds. The second kappa shape index (κ2) is 9.60. The third kappa shape index (κ3) is 5.17. The summed E-state index contributed by atoms with van der Waals surface area (Å²) < 4.78 is 5.36. The van der Waals surface area contributed by atoms with E-state index in [9.17, 15) is 0 Å². The molecule has 3 aromatic rings. The maximum atomic E-state index is 6.05. The topological polar surface area (TPSA) is 68.9 Å². The van der Waals surface area contributed by atoms with Crippen molar-refractivity contribution in [2.24, 2.45) is 5.16 Å². The van der Waals surface area contributed by atoms with Crippen molar-refractivity contribution in [3.8, 4) is 0 Å². The van der Waals surface area contributed by atoms with Gasteiger partial charge in [0, 0.05) is 17.2 Å². The van der Waals surface area contributed by atoms with Crippen LogP contribution in [0, 0.1) is 6.92 Å². The van der Waals surface area contributed by atoms with E-state index in [1.165, 1.54) is 7.11 Å². The predicted octanol–water partition coefficient (Wildman–Crippen LogP) is 5.38. The third-order valence-corrected chi connectivity index (χ3v) is 4.75. The SMILES string of the molecule is C=C(NOCc1ccccc1C(=NOC)c1cc(C)no1)c1ccc(Cl)c(Cl)c1. The number of aromatic nitrogens is 1. The van der Waals surface area contributed by atoms with Gasteiger partial charge in [-0.3, -0.25) is 10.3 Å². The molecule has 3 rings (SSSR count). The molecule has 1 aromatic heterocycles. The molecule has 29 heavy (non-hydrogen) atoms. The highest BCUT2D eigenvalue weighted by atomic mass is 35.5. The van der Waals surface area contributed by atoms with E-state index < -0.39 is 0 Å². The van der Waals surface area contributed by atoms with Crippen LogP contribution >= 0.6 is 23.2 Å². The molecule has 0 aliphatic heterocycles. The Labute approximate surface area is 178 Å². The van der Waals surface area contributed by atoms with Gasteiger partial charge in [-0.1, -0.05) is 70.4 Å². The number of oxime groups is 1. The Morgan fingerprint density at radius 1 is 1.17 bits per heavy atom. The lowest BCUT2D eigenvalue weighted by molar-refractivity contribution is 0.0647. The summed E-state index contributed by atoms with van der Waals surface area (Å²) in [6.45, 7) is 6.04. The van der Waals surface area contributed by atoms with Crippen LogP contribution < -0.4 is 5.48 Å². The lowest BCUT2D eigenvalue weighted by atomic mass is 10.0. The van der Waals surface area contributed by atoms with Crippen molar-refractivity contribution < 1.29 is 14.2 Å². The molecule has 8 heteroatoms. The Bertz CT molecular complexity index is 1050. The number of halogens is 2. The third-order valence-electron chi connectivity index (χ3n) is 4.01. The zero-order valence-corrected chi connectivity index (χ0v) is 17.4. The van der Waals surface area contributed by atoms with Gasteiger partial charge in [-0.25, -0.2) is 0 Å². The number of nitrogens with zero attached hydrogens (tertiary/aromatic N) is 2. The van der Waals surface area contributed by atoms with Gasteiger partial charge >= 0.3 is 0 Å². The van der Waals surface area contributed by atoms with E-state index in [0.717, 1.165) is 22.4 Å². The van der Waals surface area contributed by atoms with Gasteiger partial charge in [0.15, 0.2) is 11.5 Å².